The van der Waals surface area contributed by atoms with E-state index in [2.05, 4.69) is 10.6 Å². The Morgan fingerprint density at radius 3 is 2.57 bits per heavy atom. The molecule has 0 saturated carbocycles. The third-order valence-electron chi connectivity index (χ3n) is 4.82. The number of nitrogens with one attached hydrogen (secondary N) is 2. The smallest absolute Gasteiger partial charge is 0.313 e. The number of fused-ring (bicyclic) bond motifs is 1. The predicted octanol–water partition coefficient (Wildman–Crippen LogP) is 2.67. The number of carbonyl (C=O) groups excluding carboxylic acids is 3. The van der Waals surface area contributed by atoms with Crippen molar-refractivity contribution < 1.29 is 14.4 Å². The van der Waals surface area contributed by atoms with Crippen molar-refractivity contribution in [3.05, 3.63) is 59.7 Å². The number of anilines is 2. The summed E-state index contributed by atoms with van der Waals surface area (Å²) in [5, 5.41) is 5.27. The Balaban J connectivity index is 1.52. The zero-order valence-corrected chi connectivity index (χ0v) is 16.0. The summed E-state index contributed by atoms with van der Waals surface area (Å²) in [4.78, 5) is 37.7. The molecule has 146 valence electrons. The summed E-state index contributed by atoms with van der Waals surface area (Å²) in [5.41, 5.74) is 3.59. The molecule has 2 aromatic carbocycles. The van der Waals surface area contributed by atoms with Crippen LogP contribution < -0.4 is 15.5 Å². The minimum absolute atomic E-state index is 0.0272. The summed E-state index contributed by atoms with van der Waals surface area (Å²) in [5.74, 6) is -1.39. The highest BCUT2D eigenvalue weighted by Gasteiger charge is 2.21. The quantitative estimate of drug-likeness (QED) is 0.619. The molecule has 1 aliphatic heterocycles. The Morgan fingerprint density at radius 1 is 1.04 bits per heavy atom. The lowest BCUT2D eigenvalue weighted by atomic mass is 10.0. The molecule has 6 nitrogen and oxygen atoms in total. The van der Waals surface area contributed by atoms with Crippen molar-refractivity contribution >= 4 is 29.1 Å². The fourth-order valence-corrected chi connectivity index (χ4v) is 3.39. The normalized spacial score (nSPS) is 12.8. The van der Waals surface area contributed by atoms with Gasteiger partial charge in [0.25, 0.3) is 0 Å². The van der Waals surface area contributed by atoms with Crippen molar-refractivity contribution in [2.45, 2.75) is 32.6 Å². The second kappa shape index (κ2) is 9.17. The highest BCUT2D eigenvalue weighted by molar-refractivity contribution is 6.39. The molecule has 6 heteroatoms. The van der Waals surface area contributed by atoms with Crippen LogP contribution in [0.25, 0.3) is 0 Å². The molecule has 0 saturated heterocycles. The van der Waals surface area contributed by atoms with Crippen LogP contribution in [0.4, 0.5) is 11.4 Å². The third-order valence-corrected chi connectivity index (χ3v) is 4.82. The van der Waals surface area contributed by atoms with E-state index in [0.717, 1.165) is 36.9 Å². The van der Waals surface area contributed by atoms with Crippen molar-refractivity contribution in [1.82, 2.24) is 5.32 Å². The van der Waals surface area contributed by atoms with E-state index in [1.165, 1.54) is 12.5 Å². The van der Waals surface area contributed by atoms with Crippen LogP contribution in [-0.2, 0) is 27.2 Å². The molecule has 0 aliphatic carbocycles. The van der Waals surface area contributed by atoms with Crippen LogP contribution in [0, 0.1) is 0 Å². The topological polar surface area (TPSA) is 78.5 Å². The summed E-state index contributed by atoms with van der Waals surface area (Å²) < 4.78 is 0. The molecular formula is C22H25N3O3. The van der Waals surface area contributed by atoms with Gasteiger partial charge in [-0.05, 0) is 48.9 Å². The van der Waals surface area contributed by atoms with E-state index in [-0.39, 0.29) is 5.91 Å². The highest BCUT2D eigenvalue weighted by atomic mass is 16.2. The lowest BCUT2D eigenvalue weighted by Gasteiger charge is -2.29. The first-order chi connectivity index (χ1) is 13.5. The SMILES string of the molecule is CC(=O)N1CCCc2ccc(NC(=O)C(=O)NCCCc3ccccc3)cc21. The second-order valence-corrected chi connectivity index (χ2v) is 6.92. The molecule has 0 aromatic heterocycles. The Kier molecular flexibility index (Phi) is 6.42. The molecule has 2 N–H and O–H groups in total. The van der Waals surface area contributed by atoms with Crippen molar-refractivity contribution in [2.24, 2.45) is 0 Å². The molecule has 0 fully saturated rings. The van der Waals surface area contributed by atoms with Crippen LogP contribution in [0.2, 0.25) is 0 Å². The molecule has 2 aromatic rings. The number of aryl methyl sites for hydroxylation is 2. The van der Waals surface area contributed by atoms with Crippen molar-refractivity contribution in [2.75, 3.05) is 23.3 Å². The van der Waals surface area contributed by atoms with Gasteiger partial charge >= 0.3 is 11.8 Å². The maximum atomic E-state index is 12.2. The molecule has 0 unspecified atom stereocenters. The van der Waals surface area contributed by atoms with Crippen LogP contribution in [0.15, 0.2) is 48.5 Å². The Labute approximate surface area is 164 Å². The zero-order valence-electron chi connectivity index (χ0n) is 16.0. The minimum atomic E-state index is -0.704. The van der Waals surface area contributed by atoms with E-state index in [1.54, 1.807) is 17.0 Å². The van der Waals surface area contributed by atoms with E-state index in [4.69, 9.17) is 0 Å². The van der Waals surface area contributed by atoms with Crippen molar-refractivity contribution in [3.8, 4) is 0 Å². The maximum Gasteiger partial charge on any atom is 0.313 e. The molecule has 3 amide bonds. The number of rotatable bonds is 5. The molecule has 3 rings (SSSR count). The number of hydrogen-bond acceptors (Lipinski definition) is 3. The van der Waals surface area contributed by atoms with Gasteiger partial charge in [-0.15, -0.1) is 0 Å². The summed E-state index contributed by atoms with van der Waals surface area (Å²) in [6, 6.07) is 15.4. The van der Waals surface area contributed by atoms with Crippen LogP contribution in [-0.4, -0.2) is 30.8 Å². The van der Waals surface area contributed by atoms with E-state index in [9.17, 15) is 14.4 Å². The Morgan fingerprint density at radius 2 is 1.82 bits per heavy atom. The van der Waals surface area contributed by atoms with Crippen LogP contribution in [0.1, 0.15) is 30.9 Å². The first kappa shape index (κ1) is 19.6. The van der Waals surface area contributed by atoms with Gasteiger partial charge in [-0.25, -0.2) is 0 Å². The van der Waals surface area contributed by atoms with Gasteiger partial charge in [-0.2, -0.15) is 0 Å². The molecule has 0 atom stereocenters. The fourth-order valence-electron chi connectivity index (χ4n) is 3.39. The lowest BCUT2D eigenvalue weighted by Crippen LogP contribution is -2.36. The van der Waals surface area contributed by atoms with Gasteiger partial charge in [0.1, 0.15) is 0 Å². The standard InChI is InChI=1S/C22H25N3O3/c1-16(26)25-14-6-10-18-11-12-19(15-20(18)25)24-22(28)21(27)23-13-5-9-17-7-3-2-4-8-17/h2-4,7-8,11-12,15H,5-6,9-10,13-14H2,1H3,(H,23,27)(H,24,28). The minimum Gasteiger partial charge on any atom is -0.348 e. The molecule has 28 heavy (non-hydrogen) atoms. The molecular weight excluding hydrogens is 354 g/mol. The molecule has 0 bridgehead atoms. The zero-order chi connectivity index (χ0) is 19.9. The fraction of sp³-hybridized carbons (Fsp3) is 0.318. The summed E-state index contributed by atoms with van der Waals surface area (Å²) in [7, 11) is 0. The number of nitrogens with zero attached hydrogens (tertiary/aromatic N) is 1. The average Bonchev–Trinajstić information content (AvgIpc) is 2.71. The number of benzene rings is 2. The van der Waals surface area contributed by atoms with Gasteiger partial charge in [0.2, 0.25) is 5.91 Å². The summed E-state index contributed by atoms with van der Waals surface area (Å²) in [6.45, 7) is 2.63. The van der Waals surface area contributed by atoms with E-state index in [0.29, 0.717) is 18.8 Å². The summed E-state index contributed by atoms with van der Waals surface area (Å²) in [6.07, 6.45) is 3.42. The predicted molar refractivity (Wildman–Crippen MR) is 109 cm³/mol. The Bertz CT molecular complexity index is 865. The molecule has 0 radical (unpaired) electrons. The second-order valence-electron chi connectivity index (χ2n) is 6.92. The van der Waals surface area contributed by atoms with Gasteiger partial charge in [-0.1, -0.05) is 36.4 Å². The van der Waals surface area contributed by atoms with Crippen LogP contribution in [0.5, 0.6) is 0 Å². The number of hydrogen-bond donors (Lipinski definition) is 2. The van der Waals surface area contributed by atoms with E-state index >= 15 is 0 Å². The van der Waals surface area contributed by atoms with Crippen molar-refractivity contribution in [3.63, 3.8) is 0 Å². The maximum absolute atomic E-state index is 12.2. The monoisotopic (exact) mass is 379 g/mol. The first-order valence-corrected chi connectivity index (χ1v) is 9.59. The van der Waals surface area contributed by atoms with Gasteiger partial charge in [-0.3, -0.25) is 14.4 Å². The van der Waals surface area contributed by atoms with E-state index < -0.39 is 11.8 Å². The lowest BCUT2D eigenvalue weighted by molar-refractivity contribution is -0.136. The largest absolute Gasteiger partial charge is 0.348 e. The van der Waals surface area contributed by atoms with Gasteiger partial charge in [0, 0.05) is 31.4 Å². The third kappa shape index (κ3) is 4.97. The molecule has 0 spiro atoms. The summed E-state index contributed by atoms with van der Waals surface area (Å²) >= 11 is 0. The van der Waals surface area contributed by atoms with Crippen molar-refractivity contribution in [1.29, 1.82) is 0 Å². The Hall–Kier alpha value is -3.15. The van der Waals surface area contributed by atoms with E-state index in [1.807, 2.05) is 36.4 Å². The average molecular weight is 379 g/mol. The van der Waals surface area contributed by atoms with Gasteiger partial charge in [0.05, 0.1) is 0 Å². The number of carbonyl (C=O) groups is 3. The van der Waals surface area contributed by atoms with Gasteiger partial charge < -0.3 is 15.5 Å². The molecule has 1 aliphatic rings. The van der Waals surface area contributed by atoms with Gasteiger partial charge in [0.15, 0.2) is 0 Å². The van der Waals surface area contributed by atoms with Crippen LogP contribution >= 0.6 is 0 Å². The van der Waals surface area contributed by atoms with Crippen LogP contribution in [0.3, 0.4) is 0 Å². The number of amides is 3. The highest BCUT2D eigenvalue weighted by Crippen LogP contribution is 2.30. The first-order valence-electron chi connectivity index (χ1n) is 9.59. The molecule has 1 heterocycles.